The summed E-state index contributed by atoms with van der Waals surface area (Å²) in [6.45, 7) is 7.54. The third-order valence-corrected chi connectivity index (χ3v) is 5.88. The van der Waals surface area contributed by atoms with E-state index in [1.807, 2.05) is 24.3 Å². The molecule has 0 aliphatic rings. The lowest BCUT2D eigenvalue weighted by Gasteiger charge is -2.19. The number of benzene rings is 3. The number of hydrogen-bond donors (Lipinski definition) is 1. The summed E-state index contributed by atoms with van der Waals surface area (Å²) >= 11 is 0. The molecule has 0 saturated carbocycles. The van der Waals surface area contributed by atoms with Gasteiger partial charge in [0.05, 0.1) is 20.1 Å². The van der Waals surface area contributed by atoms with E-state index in [0.29, 0.717) is 12.2 Å². The van der Waals surface area contributed by atoms with Crippen LogP contribution in [0.2, 0.25) is 0 Å². The Morgan fingerprint density at radius 2 is 1.43 bits per heavy atom. The minimum atomic E-state index is -0.343. The van der Waals surface area contributed by atoms with Crippen molar-refractivity contribution in [2.45, 2.75) is 45.4 Å². The Balaban J connectivity index is 1.41. The maximum atomic E-state index is 12.1. The predicted molar refractivity (Wildman–Crippen MR) is 140 cm³/mol. The summed E-state index contributed by atoms with van der Waals surface area (Å²) in [4.78, 5) is 23.2. The lowest BCUT2D eigenvalue weighted by Crippen LogP contribution is -2.26. The van der Waals surface area contributed by atoms with Crippen LogP contribution in [-0.4, -0.2) is 32.1 Å². The molecule has 5 nitrogen and oxygen atoms in total. The molecule has 0 atom stereocenters. The van der Waals surface area contributed by atoms with E-state index >= 15 is 0 Å². The number of aryl methyl sites for hydroxylation is 1. The van der Waals surface area contributed by atoms with Gasteiger partial charge in [0.2, 0.25) is 0 Å². The van der Waals surface area contributed by atoms with Crippen LogP contribution in [0.25, 0.3) is 11.1 Å². The Hall–Kier alpha value is -3.60. The first-order chi connectivity index (χ1) is 16.8. The van der Waals surface area contributed by atoms with Gasteiger partial charge in [-0.25, -0.2) is 0 Å². The minimum Gasteiger partial charge on any atom is -0.494 e. The summed E-state index contributed by atoms with van der Waals surface area (Å²) in [5.41, 5.74) is 5.57. The van der Waals surface area contributed by atoms with Crippen molar-refractivity contribution in [2.24, 2.45) is 0 Å². The molecule has 0 unspecified atom stereocenters. The van der Waals surface area contributed by atoms with Crippen LogP contribution in [-0.2, 0) is 21.4 Å². The Bertz CT molecular complexity index is 1100. The zero-order valence-corrected chi connectivity index (χ0v) is 21.1. The second kappa shape index (κ2) is 12.2. The molecule has 0 saturated heterocycles. The van der Waals surface area contributed by atoms with Crippen molar-refractivity contribution in [1.82, 2.24) is 5.32 Å². The molecule has 0 aliphatic heterocycles. The fourth-order valence-electron chi connectivity index (χ4n) is 3.68. The van der Waals surface area contributed by atoms with Crippen LogP contribution in [0.3, 0.4) is 0 Å². The molecule has 0 heterocycles. The van der Waals surface area contributed by atoms with E-state index in [2.05, 4.69) is 67.2 Å². The number of nitrogens with one attached hydrogen (secondary N) is 1. The van der Waals surface area contributed by atoms with Crippen molar-refractivity contribution >= 4 is 11.9 Å². The number of hydrogen-bond acceptors (Lipinski definition) is 4. The van der Waals surface area contributed by atoms with E-state index in [4.69, 9.17) is 4.74 Å². The Morgan fingerprint density at radius 1 is 0.829 bits per heavy atom. The highest BCUT2D eigenvalue weighted by atomic mass is 16.5. The molecule has 1 amide bonds. The monoisotopic (exact) mass is 473 g/mol. The second-order valence-electron chi connectivity index (χ2n) is 9.58. The Labute approximate surface area is 208 Å². The van der Waals surface area contributed by atoms with E-state index in [-0.39, 0.29) is 30.3 Å². The van der Waals surface area contributed by atoms with Crippen molar-refractivity contribution in [3.63, 3.8) is 0 Å². The quantitative estimate of drug-likeness (QED) is 0.292. The largest absolute Gasteiger partial charge is 0.494 e. The fraction of sp³-hybridized carbons (Fsp3) is 0.333. The summed E-state index contributed by atoms with van der Waals surface area (Å²) < 4.78 is 10.5. The van der Waals surface area contributed by atoms with Crippen LogP contribution < -0.4 is 10.1 Å². The van der Waals surface area contributed by atoms with Gasteiger partial charge in [-0.3, -0.25) is 9.59 Å². The van der Waals surface area contributed by atoms with Crippen LogP contribution >= 0.6 is 0 Å². The molecule has 3 rings (SSSR count). The number of amides is 1. The molecule has 0 radical (unpaired) electrons. The van der Waals surface area contributed by atoms with Gasteiger partial charge in [-0.05, 0) is 64.8 Å². The molecule has 0 bridgehead atoms. The van der Waals surface area contributed by atoms with E-state index in [1.165, 1.54) is 23.8 Å². The molecule has 0 fully saturated rings. The summed E-state index contributed by atoms with van der Waals surface area (Å²) in [5, 5.41) is 2.72. The molecule has 3 aromatic rings. The average molecular weight is 474 g/mol. The predicted octanol–water partition coefficient (Wildman–Crippen LogP) is 5.96. The summed E-state index contributed by atoms with van der Waals surface area (Å²) in [5.74, 6) is 0.320. The van der Waals surface area contributed by atoms with E-state index in [9.17, 15) is 9.59 Å². The molecule has 0 aliphatic carbocycles. The number of carbonyl (C=O) groups is 2. The van der Waals surface area contributed by atoms with E-state index in [1.54, 1.807) is 12.1 Å². The lowest BCUT2D eigenvalue weighted by molar-refractivity contribution is -0.140. The first kappa shape index (κ1) is 26.0. The van der Waals surface area contributed by atoms with E-state index in [0.717, 1.165) is 24.2 Å². The lowest BCUT2D eigenvalue weighted by atomic mass is 9.86. The smallest absolute Gasteiger partial charge is 0.307 e. The average Bonchev–Trinajstić information content (AvgIpc) is 2.86. The van der Waals surface area contributed by atoms with Gasteiger partial charge in [0.25, 0.3) is 5.91 Å². The Morgan fingerprint density at radius 3 is 2.00 bits per heavy atom. The number of carbonyl (C=O) groups excluding carboxylic acids is 2. The van der Waals surface area contributed by atoms with Crippen molar-refractivity contribution in [3.05, 3.63) is 89.5 Å². The molecular weight excluding hydrogens is 438 g/mol. The van der Waals surface area contributed by atoms with Gasteiger partial charge >= 0.3 is 5.97 Å². The van der Waals surface area contributed by atoms with Crippen molar-refractivity contribution in [1.29, 1.82) is 0 Å². The highest BCUT2D eigenvalue weighted by molar-refractivity contribution is 5.94. The van der Waals surface area contributed by atoms with Crippen molar-refractivity contribution in [3.8, 4) is 16.9 Å². The standard InChI is InChI=1S/C30H35NO4/c1-30(2,3)26-15-11-23(12-16-26)24-13-17-27(18-14-24)35-21-5-6-22-7-9-25(10-8-22)29(33)31-20-19-28(32)34-4/h7-18H,5-6,19-21H2,1-4H3,(H,31,33). The van der Waals surface area contributed by atoms with Crippen molar-refractivity contribution in [2.75, 3.05) is 20.3 Å². The van der Waals surface area contributed by atoms with Gasteiger partial charge < -0.3 is 14.8 Å². The summed E-state index contributed by atoms with van der Waals surface area (Å²) in [7, 11) is 1.33. The fourth-order valence-corrected chi connectivity index (χ4v) is 3.68. The van der Waals surface area contributed by atoms with Gasteiger partial charge in [0, 0.05) is 12.1 Å². The van der Waals surface area contributed by atoms with Crippen LogP contribution in [0, 0.1) is 0 Å². The second-order valence-corrected chi connectivity index (χ2v) is 9.58. The normalized spacial score (nSPS) is 11.1. The van der Waals surface area contributed by atoms with Crippen molar-refractivity contribution < 1.29 is 19.1 Å². The number of ether oxygens (including phenoxy) is 2. The zero-order valence-electron chi connectivity index (χ0n) is 21.1. The minimum absolute atomic E-state index is 0.152. The maximum absolute atomic E-state index is 12.1. The molecule has 1 N–H and O–H groups in total. The molecule has 5 heteroatoms. The third kappa shape index (κ3) is 7.99. The highest BCUT2D eigenvalue weighted by Gasteiger charge is 2.13. The van der Waals surface area contributed by atoms with Gasteiger partial charge in [0.1, 0.15) is 5.75 Å². The molecule has 0 spiro atoms. The first-order valence-corrected chi connectivity index (χ1v) is 12.0. The SMILES string of the molecule is COC(=O)CCNC(=O)c1ccc(CCCOc2ccc(-c3ccc(C(C)(C)C)cc3)cc2)cc1. The van der Waals surface area contributed by atoms with Gasteiger partial charge in [-0.1, -0.05) is 69.3 Å². The summed E-state index contributed by atoms with van der Waals surface area (Å²) in [6.07, 6.45) is 1.90. The molecule has 184 valence electrons. The molecule has 35 heavy (non-hydrogen) atoms. The summed E-state index contributed by atoms with van der Waals surface area (Å²) in [6, 6.07) is 24.5. The maximum Gasteiger partial charge on any atom is 0.307 e. The molecule has 0 aromatic heterocycles. The number of methoxy groups -OCH3 is 1. The van der Waals surface area contributed by atoms with Crippen LogP contribution in [0.1, 0.15) is 55.1 Å². The Kier molecular flexibility index (Phi) is 9.07. The van der Waals surface area contributed by atoms with E-state index < -0.39 is 0 Å². The van der Waals surface area contributed by atoms with Crippen LogP contribution in [0.5, 0.6) is 5.75 Å². The van der Waals surface area contributed by atoms with Gasteiger partial charge in [0.15, 0.2) is 0 Å². The third-order valence-electron chi connectivity index (χ3n) is 5.88. The zero-order chi connectivity index (χ0) is 25.3. The highest BCUT2D eigenvalue weighted by Crippen LogP contribution is 2.27. The number of rotatable bonds is 10. The molecular formula is C30H35NO4. The first-order valence-electron chi connectivity index (χ1n) is 12.0. The number of esters is 1. The van der Waals surface area contributed by atoms with Crippen LogP contribution in [0.15, 0.2) is 72.8 Å². The molecule has 3 aromatic carbocycles. The van der Waals surface area contributed by atoms with Gasteiger partial charge in [-0.15, -0.1) is 0 Å². The van der Waals surface area contributed by atoms with Crippen LogP contribution in [0.4, 0.5) is 0 Å². The topological polar surface area (TPSA) is 64.6 Å². The van der Waals surface area contributed by atoms with Gasteiger partial charge in [-0.2, -0.15) is 0 Å².